The van der Waals surface area contributed by atoms with E-state index in [2.05, 4.69) is 4.72 Å². The summed E-state index contributed by atoms with van der Waals surface area (Å²) in [5.41, 5.74) is 0.151. The number of rotatable bonds is 4. The van der Waals surface area contributed by atoms with Gasteiger partial charge in [0.25, 0.3) is 0 Å². The highest BCUT2D eigenvalue weighted by Crippen LogP contribution is 2.28. The van der Waals surface area contributed by atoms with Crippen molar-refractivity contribution in [3.8, 4) is 0 Å². The maximum absolute atomic E-state index is 12.0. The summed E-state index contributed by atoms with van der Waals surface area (Å²) in [5, 5.41) is 0. The molecule has 22 heavy (non-hydrogen) atoms. The van der Waals surface area contributed by atoms with Gasteiger partial charge in [-0.2, -0.15) is 0 Å². The average Bonchev–Trinajstić information content (AvgIpc) is 2.57. The van der Waals surface area contributed by atoms with Crippen molar-refractivity contribution in [3.05, 3.63) is 24.3 Å². The van der Waals surface area contributed by atoms with E-state index in [1.54, 1.807) is 20.8 Å². The lowest BCUT2D eigenvalue weighted by atomic mass is 10.2. The predicted octanol–water partition coefficient (Wildman–Crippen LogP) is 0.686. The maximum atomic E-state index is 12.0. The Bertz CT molecular complexity index is 782. The summed E-state index contributed by atoms with van der Waals surface area (Å²) < 4.78 is 51.2. The molecular formula is C13H18N2O5S2. The quantitative estimate of drug-likeness (QED) is 0.864. The second-order valence-electron chi connectivity index (χ2n) is 5.55. The first-order valence-electron chi connectivity index (χ1n) is 6.74. The molecule has 1 aromatic rings. The molecule has 1 aliphatic heterocycles. The number of carbonyl (C=O) groups excluding carboxylic acids is 1. The van der Waals surface area contributed by atoms with E-state index in [9.17, 15) is 21.6 Å². The normalized spacial score (nSPS) is 21.5. The summed E-state index contributed by atoms with van der Waals surface area (Å²) >= 11 is 0. The van der Waals surface area contributed by atoms with E-state index >= 15 is 0 Å². The molecule has 0 bridgehead atoms. The van der Waals surface area contributed by atoms with Crippen LogP contribution in [0, 0.1) is 5.92 Å². The Morgan fingerprint density at radius 2 is 1.77 bits per heavy atom. The zero-order valence-corrected chi connectivity index (χ0v) is 14.1. The van der Waals surface area contributed by atoms with E-state index < -0.39 is 31.9 Å². The second kappa shape index (κ2) is 5.64. The number of anilines is 1. The van der Waals surface area contributed by atoms with Crippen molar-refractivity contribution in [2.24, 2.45) is 5.92 Å². The van der Waals surface area contributed by atoms with Gasteiger partial charge >= 0.3 is 0 Å². The molecule has 0 unspecified atom stereocenters. The molecule has 1 N–H and O–H groups in total. The minimum Gasteiger partial charge on any atom is -0.273 e. The SMILES string of the molecule is CC(C)NS(=O)(=O)c1ccc(N2C(=O)[C@H](C)CS2(=O)=O)cc1. The lowest BCUT2D eigenvalue weighted by molar-refractivity contribution is -0.119. The third kappa shape index (κ3) is 3.16. The first-order chi connectivity index (χ1) is 10.0. The molecule has 1 amide bonds. The van der Waals surface area contributed by atoms with Crippen LogP contribution in [0.15, 0.2) is 29.2 Å². The minimum atomic E-state index is -3.69. The van der Waals surface area contributed by atoms with Crippen molar-refractivity contribution < 1.29 is 21.6 Å². The largest absolute Gasteiger partial charge is 0.273 e. The van der Waals surface area contributed by atoms with Crippen molar-refractivity contribution in [1.82, 2.24) is 4.72 Å². The molecule has 7 nitrogen and oxygen atoms in total. The first kappa shape index (κ1) is 16.9. The number of benzene rings is 1. The van der Waals surface area contributed by atoms with E-state index in [1.165, 1.54) is 24.3 Å². The van der Waals surface area contributed by atoms with E-state index in [1.807, 2.05) is 0 Å². The van der Waals surface area contributed by atoms with Gasteiger partial charge in [0.2, 0.25) is 26.0 Å². The molecule has 9 heteroatoms. The summed E-state index contributed by atoms with van der Waals surface area (Å²) in [4.78, 5) is 12.0. The Balaban J connectivity index is 2.36. The first-order valence-corrected chi connectivity index (χ1v) is 9.83. The molecule has 122 valence electrons. The fourth-order valence-electron chi connectivity index (χ4n) is 2.23. The third-order valence-electron chi connectivity index (χ3n) is 3.13. The topological polar surface area (TPSA) is 101 Å². The van der Waals surface area contributed by atoms with Crippen molar-refractivity contribution in [2.75, 3.05) is 10.1 Å². The van der Waals surface area contributed by atoms with Crippen LogP contribution in [0.25, 0.3) is 0 Å². The number of amides is 1. The van der Waals surface area contributed by atoms with E-state index in [0.29, 0.717) is 0 Å². The molecule has 1 saturated heterocycles. The molecule has 2 rings (SSSR count). The molecule has 0 spiro atoms. The molecule has 1 fully saturated rings. The standard InChI is InChI=1S/C13H18N2O5S2/c1-9(2)14-22(19,20)12-6-4-11(5-7-12)15-13(16)10(3)8-21(15,17)18/h4-7,9-10,14H,8H2,1-3H3/t10-/m1/s1. The van der Waals surface area contributed by atoms with Crippen LogP contribution < -0.4 is 9.03 Å². The molecule has 1 aliphatic rings. The molecule has 1 aromatic carbocycles. The van der Waals surface area contributed by atoms with Crippen LogP contribution in [0.4, 0.5) is 5.69 Å². The lowest BCUT2D eigenvalue weighted by Gasteiger charge is -2.16. The van der Waals surface area contributed by atoms with Gasteiger partial charge in [-0.1, -0.05) is 6.92 Å². The molecule has 0 aliphatic carbocycles. The van der Waals surface area contributed by atoms with Gasteiger partial charge in [0.05, 0.1) is 22.3 Å². The van der Waals surface area contributed by atoms with Crippen LogP contribution in [-0.2, 0) is 24.8 Å². The van der Waals surface area contributed by atoms with Crippen LogP contribution in [0.5, 0.6) is 0 Å². The van der Waals surface area contributed by atoms with Crippen LogP contribution in [0.2, 0.25) is 0 Å². The number of sulfonamides is 2. The zero-order chi connectivity index (χ0) is 16.7. The predicted molar refractivity (Wildman–Crippen MR) is 82.3 cm³/mol. The van der Waals surface area contributed by atoms with Gasteiger partial charge in [0.1, 0.15) is 0 Å². The van der Waals surface area contributed by atoms with Gasteiger partial charge in [0.15, 0.2) is 0 Å². The second-order valence-corrected chi connectivity index (χ2v) is 9.13. The number of hydrogen-bond donors (Lipinski definition) is 1. The van der Waals surface area contributed by atoms with Gasteiger partial charge in [-0.05, 0) is 38.1 Å². The summed E-state index contributed by atoms with van der Waals surface area (Å²) in [5.74, 6) is -1.34. The summed E-state index contributed by atoms with van der Waals surface area (Å²) in [6.45, 7) is 4.94. The van der Waals surface area contributed by atoms with E-state index in [0.717, 1.165) is 4.31 Å². The van der Waals surface area contributed by atoms with Gasteiger partial charge < -0.3 is 0 Å². The maximum Gasteiger partial charge on any atom is 0.244 e. The van der Waals surface area contributed by atoms with Crippen molar-refractivity contribution in [1.29, 1.82) is 0 Å². The molecule has 0 radical (unpaired) electrons. The van der Waals surface area contributed by atoms with E-state index in [-0.39, 0.29) is 22.4 Å². The number of nitrogens with zero attached hydrogens (tertiary/aromatic N) is 1. The summed E-state index contributed by atoms with van der Waals surface area (Å²) in [6.07, 6.45) is 0. The molecule has 1 heterocycles. The monoisotopic (exact) mass is 346 g/mol. The van der Waals surface area contributed by atoms with Crippen LogP contribution >= 0.6 is 0 Å². The van der Waals surface area contributed by atoms with Gasteiger partial charge in [-0.25, -0.2) is 25.9 Å². The van der Waals surface area contributed by atoms with Gasteiger partial charge in [-0.3, -0.25) is 4.79 Å². The van der Waals surface area contributed by atoms with Crippen LogP contribution in [-0.4, -0.2) is 34.5 Å². The lowest BCUT2D eigenvalue weighted by Crippen LogP contribution is -2.31. The van der Waals surface area contributed by atoms with Gasteiger partial charge in [-0.15, -0.1) is 0 Å². The summed E-state index contributed by atoms with van der Waals surface area (Å²) in [7, 11) is -7.34. The molecule has 1 atom stereocenters. The molecule has 0 saturated carbocycles. The highest BCUT2D eigenvalue weighted by atomic mass is 32.2. The smallest absolute Gasteiger partial charge is 0.244 e. The Morgan fingerprint density at radius 3 is 2.18 bits per heavy atom. The fraction of sp³-hybridized carbons (Fsp3) is 0.462. The van der Waals surface area contributed by atoms with Crippen LogP contribution in [0.3, 0.4) is 0 Å². The molecular weight excluding hydrogens is 328 g/mol. The Hall–Kier alpha value is -1.45. The van der Waals surface area contributed by atoms with E-state index in [4.69, 9.17) is 0 Å². The van der Waals surface area contributed by atoms with Crippen molar-refractivity contribution >= 4 is 31.6 Å². The highest BCUT2D eigenvalue weighted by molar-refractivity contribution is 7.94. The summed E-state index contributed by atoms with van der Waals surface area (Å²) in [6, 6.07) is 4.95. The molecule has 0 aromatic heterocycles. The third-order valence-corrected chi connectivity index (χ3v) is 6.68. The van der Waals surface area contributed by atoms with Crippen molar-refractivity contribution in [3.63, 3.8) is 0 Å². The number of hydrogen-bond acceptors (Lipinski definition) is 5. The fourth-order valence-corrected chi connectivity index (χ4v) is 5.30. The number of carbonyl (C=O) groups is 1. The van der Waals surface area contributed by atoms with Crippen LogP contribution in [0.1, 0.15) is 20.8 Å². The van der Waals surface area contributed by atoms with Gasteiger partial charge in [0, 0.05) is 6.04 Å². The highest BCUT2D eigenvalue weighted by Gasteiger charge is 2.41. The number of nitrogens with one attached hydrogen (secondary N) is 1. The average molecular weight is 346 g/mol. The minimum absolute atomic E-state index is 0.0158. The Labute approximate surface area is 130 Å². The van der Waals surface area contributed by atoms with Crippen molar-refractivity contribution in [2.45, 2.75) is 31.7 Å². The Morgan fingerprint density at radius 1 is 1.23 bits per heavy atom. The Kier molecular flexibility index (Phi) is 4.33. The zero-order valence-electron chi connectivity index (χ0n) is 12.5.